The number of fused-ring (bicyclic) bond motifs is 2. The van der Waals surface area contributed by atoms with Crippen molar-refractivity contribution >= 4 is 11.9 Å². The van der Waals surface area contributed by atoms with Gasteiger partial charge in [-0.05, 0) is 0 Å². The second-order valence-electron chi connectivity index (χ2n) is 4.13. The number of rotatable bonds is 2. The maximum Gasteiger partial charge on any atom is 0.310 e. The van der Waals surface area contributed by atoms with Crippen LogP contribution in [0.3, 0.4) is 0 Å². The smallest absolute Gasteiger partial charge is 0.310 e. The molecule has 1 fully saturated rings. The lowest BCUT2D eigenvalue weighted by molar-refractivity contribution is -0.158. The van der Waals surface area contributed by atoms with Gasteiger partial charge in [0.05, 0.1) is 32.2 Å². The Hall–Kier alpha value is -1.36. The van der Waals surface area contributed by atoms with E-state index in [1.807, 2.05) is 0 Å². The van der Waals surface area contributed by atoms with Crippen LogP contribution in [0.1, 0.15) is 0 Å². The molecule has 2 aliphatic carbocycles. The van der Waals surface area contributed by atoms with Crippen molar-refractivity contribution in [2.75, 3.05) is 14.2 Å². The molecule has 0 aliphatic heterocycles. The summed E-state index contributed by atoms with van der Waals surface area (Å²) < 4.78 is 9.34. The molecule has 2 bridgehead atoms. The standard InChI is InChI=1S/C11H14O5/c1-15-10(13)7-5-3-4-6(9(5)12)8(7)11(14)16-2/h3-9,12H,1-2H3/t5-,6+,7-,8-,9?/m1/s1. The van der Waals surface area contributed by atoms with Crippen LogP contribution in [-0.2, 0) is 19.1 Å². The number of hydrogen-bond donors (Lipinski definition) is 1. The molecule has 1 unspecified atom stereocenters. The number of carbonyl (C=O) groups excluding carboxylic acids is 2. The van der Waals surface area contributed by atoms with E-state index in [2.05, 4.69) is 9.47 Å². The van der Waals surface area contributed by atoms with E-state index >= 15 is 0 Å². The Morgan fingerprint density at radius 3 is 1.69 bits per heavy atom. The second-order valence-corrected chi connectivity index (χ2v) is 4.13. The first-order valence-electron chi connectivity index (χ1n) is 5.14. The van der Waals surface area contributed by atoms with E-state index in [1.165, 1.54) is 14.2 Å². The van der Waals surface area contributed by atoms with Crippen LogP contribution in [-0.4, -0.2) is 37.4 Å². The van der Waals surface area contributed by atoms with E-state index in [1.54, 1.807) is 12.2 Å². The van der Waals surface area contributed by atoms with Crippen molar-refractivity contribution in [3.63, 3.8) is 0 Å². The molecule has 5 heteroatoms. The van der Waals surface area contributed by atoms with Crippen LogP contribution in [0.2, 0.25) is 0 Å². The van der Waals surface area contributed by atoms with E-state index in [4.69, 9.17) is 0 Å². The number of aliphatic hydroxyl groups excluding tert-OH is 1. The Labute approximate surface area is 93.0 Å². The average molecular weight is 226 g/mol. The summed E-state index contributed by atoms with van der Waals surface area (Å²) in [6, 6.07) is 0. The van der Waals surface area contributed by atoms with Gasteiger partial charge in [0.25, 0.3) is 0 Å². The fourth-order valence-corrected chi connectivity index (χ4v) is 2.76. The normalized spacial score (nSPS) is 39.8. The molecule has 0 spiro atoms. The predicted octanol–water partition coefficient (Wildman–Crippen LogP) is -0.259. The van der Waals surface area contributed by atoms with Crippen LogP contribution >= 0.6 is 0 Å². The van der Waals surface area contributed by atoms with Gasteiger partial charge in [0.15, 0.2) is 0 Å². The zero-order valence-corrected chi connectivity index (χ0v) is 9.12. The lowest BCUT2D eigenvalue weighted by Crippen LogP contribution is -2.34. The number of methoxy groups -OCH3 is 2. The molecule has 1 saturated carbocycles. The summed E-state index contributed by atoms with van der Waals surface area (Å²) in [5.74, 6) is -2.84. The van der Waals surface area contributed by atoms with Gasteiger partial charge in [0.1, 0.15) is 0 Å². The third kappa shape index (κ3) is 1.35. The second kappa shape index (κ2) is 3.90. The van der Waals surface area contributed by atoms with E-state index in [9.17, 15) is 14.7 Å². The topological polar surface area (TPSA) is 72.8 Å². The first kappa shape index (κ1) is 11.1. The Morgan fingerprint density at radius 1 is 1.00 bits per heavy atom. The lowest BCUT2D eigenvalue weighted by atomic mass is 9.83. The first-order chi connectivity index (χ1) is 7.61. The van der Waals surface area contributed by atoms with Crippen LogP contribution in [0.4, 0.5) is 0 Å². The lowest BCUT2D eigenvalue weighted by Gasteiger charge is -2.22. The van der Waals surface area contributed by atoms with Gasteiger partial charge in [-0.2, -0.15) is 0 Å². The van der Waals surface area contributed by atoms with E-state index in [0.717, 1.165) is 0 Å². The maximum atomic E-state index is 11.6. The summed E-state index contributed by atoms with van der Waals surface area (Å²) in [4.78, 5) is 23.2. The predicted molar refractivity (Wildman–Crippen MR) is 53.1 cm³/mol. The van der Waals surface area contributed by atoms with Crippen molar-refractivity contribution in [3.8, 4) is 0 Å². The molecule has 2 aliphatic rings. The molecule has 0 heterocycles. The van der Waals surface area contributed by atoms with Gasteiger partial charge in [0.2, 0.25) is 0 Å². The molecule has 0 radical (unpaired) electrons. The number of aliphatic hydroxyl groups is 1. The molecule has 0 aromatic rings. The largest absolute Gasteiger partial charge is 0.469 e. The monoisotopic (exact) mass is 226 g/mol. The summed E-state index contributed by atoms with van der Waals surface area (Å²) in [7, 11) is 2.55. The Bertz CT molecular complexity index is 316. The summed E-state index contributed by atoms with van der Waals surface area (Å²) in [5, 5.41) is 9.88. The molecule has 5 nitrogen and oxygen atoms in total. The van der Waals surface area contributed by atoms with Gasteiger partial charge >= 0.3 is 11.9 Å². The van der Waals surface area contributed by atoms with Gasteiger partial charge < -0.3 is 14.6 Å². The van der Waals surface area contributed by atoms with Gasteiger partial charge in [0, 0.05) is 11.8 Å². The van der Waals surface area contributed by atoms with Crippen molar-refractivity contribution in [3.05, 3.63) is 12.2 Å². The zero-order chi connectivity index (χ0) is 11.9. The molecule has 0 aromatic carbocycles. The fourth-order valence-electron chi connectivity index (χ4n) is 2.76. The third-order valence-corrected chi connectivity index (χ3v) is 3.51. The Balaban J connectivity index is 2.31. The maximum absolute atomic E-state index is 11.6. The third-order valence-electron chi connectivity index (χ3n) is 3.51. The van der Waals surface area contributed by atoms with Crippen molar-refractivity contribution < 1.29 is 24.2 Å². The van der Waals surface area contributed by atoms with E-state index in [0.29, 0.717) is 0 Å². The molecule has 2 rings (SSSR count). The van der Waals surface area contributed by atoms with Crippen molar-refractivity contribution in [1.29, 1.82) is 0 Å². The minimum Gasteiger partial charge on any atom is -0.469 e. The van der Waals surface area contributed by atoms with E-state index in [-0.39, 0.29) is 11.8 Å². The van der Waals surface area contributed by atoms with Crippen molar-refractivity contribution in [2.45, 2.75) is 6.10 Å². The van der Waals surface area contributed by atoms with Crippen LogP contribution in [0.5, 0.6) is 0 Å². The number of ether oxygens (including phenoxy) is 2. The van der Waals surface area contributed by atoms with Gasteiger partial charge in [-0.1, -0.05) is 12.2 Å². The Kier molecular flexibility index (Phi) is 2.71. The zero-order valence-electron chi connectivity index (χ0n) is 9.12. The minimum absolute atomic E-state index is 0.332. The molecule has 16 heavy (non-hydrogen) atoms. The summed E-state index contributed by atoms with van der Waals surface area (Å²) in [6.07, 6.45) is 2.86. The van der Waals surface area contributed by atoms with Crippen molar-refractivity contribution in [1.82, 2.24) is 0 Å². The van der Waals surface area contributed by atoms with Crippen LogP contribution in [0, 0.1) is 23.7 Å². The quantitative estimate of drug-likeness (QED) is 0.519. The highest BCUT2D eigenvalue weighted by atomic mass is 16.5. The highest BCUT2D eigenvalue weighted by Gasteiger charge is 2.58. The summed E-state index contributed by atoms with van der Waals surface area (Å²) in [6.45, 7) is 0. The first-order valence-corrected chi connectivity index (χ1v) is 5.14. The molecular weight excluding hydrogens is 212 g/mol. The molecule has 0 saturated heterocycles. The molecule has 5 atom stereocenters. The Morgan fingerprint density at radius 2 is 1.38 bits per heavy atom. The number of esters is 2. The highest BCUT2D eigenvalue weighted by Crippen LogP contribution is 2.49. The highest BCUT2D eigenvalue weighted by molar-refractivity contribution is 5.84. The minimum atomic E-state index is -0.687. The SMILES string of the molecule is COC(=O)[C@H]1[C@H](C(=O)OC)[C@H]2C=C[C@@H]1C2O. The fraction of sp³-hybridized carbons (Fsp3) is 0.636. The van der Waals surface area contributed by atoms with Gasteiger partial charge in [-0.15, -0.1) is 0 Å². The van der Waals surface area contributed by atoms with E-state index < -0.39 is 29.9 Å². The van der Waals surface area contributed by atoms with Gasteiger partial charge in [-0.3, -0.25) is 9.59 Å². The van der Waals surface area contributed by atoms with Crippen LogP contribution in [0.15, 0.2) is 12.2 Å². The summed E-state index contributed by atoms with van der Waals surface area (Å²) >= 11 is 0. The molecular formula is C11H14O5. The molecule has 0 aromatic heterocycles. The summed E-state index contributed by atoms with van der Waals surface area (Å²) in [5.41, 5.74) is 0. The average Bonchev–Trinajstić information content (AvgIpc) is 2.80. The molecule has 0 amide bonds. The van der Waals surface area contributed by atoms with Crippen molar-refractivity contribution in [2.24, 2.45) is 23.7 Å². The molecule has 88 valence electrons. The van der Waals surface area contributed by atoms with Crippen LogP contribution in [0.25, 0.3) is 0 Å². The molecule has 1 N–H and O–H groups in total. The number of hydrogen-bond acceptors (Lipinski definition) is 5. The van der Waals surface area contributed by atoms with Crippen LogP contribution < -0.4 is 0 Å². The van der Waals surface area contributed by atoms with Gasteiger partial charge in [-0.25, -0.2) is 0 Å². The number of carbonyl (C=O) groups is 2.